The van der Waals surface area contributed by atoms with Crippen molar-refractivity contribution < 1.29 is 27.9 Å². The van der Waals surface area contributed by atoms with Crippen LogP contribution in [-0.4, -0.2) is 42.3 Å². The van der Waals surface area contributed by atoms with E-state index in [0.717, 1.165) is 43.8 Å². The van der Waals surface area contributed by atoms with E-state index < -0.39 is 12.3 Å². The molecule has 2 aliphatic rings. The van der Waals surface area contributed by atoms with Gasteiger partial charge in [-0.1, -0.05) is 12.1 Å². The van der Waals surface area contributed by atoms with Gasteiger partial charge in [-0.2, -0.15) is 13.7 Å². The van der Waals surface area contributed by atoms with Crippen LogP contribution >= 0.6 is 0 Å². The van der Waals surface area contributed by atoms with Crippen molar-refractivity contribution in [3.63, 3.8) is 0 Å². The van der Waals surface area contributed by atoms with E-state index in [1.807, 2.05) is 29.2 Å². The van der Waals surface area contributed by atoms with Gasteiger partial charge in [0.25, 0.3) is 11.6 Å². The van der Waals surface area contributed by atoms with Crippen molar-refractivity contribution in [2.45, 2.75) is 38.0 Å². The van der Waals surface area contributed by atoms with Crippen molar-refractivity contribution in [3.05, 3.63) is 54.1 Å². The first-order valence-electron chi connectivity index (χ1n) is 9.84. The van der Waals surface area contributed by atoms with Crippen molar-refractivity contribution in [3.8, 4) is 11.5 Å². The molecule has 2 aliphatic heterocycles. The van der Waals surface area contributed by atoms with Gasteiger partial charge < -0.3 is 14.6 Å². The van der Waals surface area contributed by atoms with E-state index in [1.54, 1.807) is 19.2 Å². The number of nitrogens with zero attached hydrogens (tertiary/aromatic N) is 2. The number of alkyl halides is 2. The van der Waals surface area contributed by atoms with E-state index in [9.17, 15) is 13.9 Å². The molecule has 0 aliphatic carbocycles. The SMILES string of the molecule is COc1ccccc1N1C2=[N+](CCCCC2)C[C@]1(O)c1ccc(OC(F)F)cc1. The lowest BCUT2D eigenvalue weighted by atomic mass is 9.99. The molecule has 0 saturated heterocycles. The second kappa shape index (κ2) is 7.99. The Morgan fingerprint density at radius 2 is 1.83 bits per heavy atom. The molecule has 2 aromatic carbocycles. The van der Waals surface area contributed by atoms with Crippen molar-refractivity contribution >= 4 is 11.5 Å². The van der Waals surface area contributed by atoms with Crippen LogP contribution in [0.2, 0.25) is 0 Å². The fourth-order valence-electron chi connectivity index (χ4n) is 4.30. The summed E-state index contributed by atoms with van der Waals surface area (Å²) in [6, 6.07) is 13.8. The number of hydrogen-bond donors (Lipinski definition) is 1. The lowest BCUT2D eigenvalue weighted by Gasteiger charge is -2.30. The number of hydrogen-bond acceptors (Lipinski definition) is 4. The molecule has 0 amide bonds. The van der Waals surface area contributed by atoms with Gasteiger partial charge in [-0.05, 0) is 55.7 Å². The van der Waals surface area contributed by atoms with Crippen LogP contribution in [0.5, 0.6) is 11.5 Å². The molecule has 1 atom stereocenters. The summed E-state index contributed by atoms with van der Waals surface area (Å²) < 4.78 is 37.3. The van der Waals surface area contributed by atoms with Gasteiger partial charge in [-0.25, -0.2) is 0 Å². The Hall–Kier alpha value is -2.67. The summed E-state index contributed by atoms with van der Waals surface area (Å²) >= 11 is 0. The molecule has 154 valence electrons. The third kappa shape index (κ3) is 3.67. The molecule has 0 spiro atoms. The number of amidine groups is 1. The molecule has 0 unspecified atom stereocenters. The highest BCUT2D eigenvalue weighted by Gasteiger charge is 2.54. The summed E-state index contributed by atoms with van der Waals surface area (Å²) in [5, 5.41) is 11.9. The van der Waals surface area contributed by atoms with Crippen LogP contribution in [0.1, 0.15) is 31.2 Å². The predicted octanol–water partition coefficient (Wildman–Crippen LogP) is 3.95. The number of anilines is 1. The van der Waals surface area contributed by atoms with Gasteiger partial charge in [0.2, 0.25) is 0 Å². The third-order valence-corrected chi connectivity index (χ3v) is 5.60. The standard InChI is InChI=1S/C22H25F2N2O3/c1-28-19-8-5-4-7-18(19)26-20-9-3-2-6-14-25(20)15-22(26,27)16-10-12-17(13-11-16)29-21(23)24/h4-5,7-8,10-13,21,27H,2-3,6,9,14-15H2,1H3/q+1/t22-/m0/s1. The molecule has 0 radical (unpaired) electrons. The van der Waals surface area contributed by atoms with E-state index in [-0.39, 0.29) is 5.75 Å². The maximum absolute atomic E-state index is 12.5. The van der Waals surface area contributed by atoms with Crippen molar-refractivity contribution in [1.29, 1.82) is 0 Å². The molecular weight excluding hydrogens is 378 g/mol. The molecule has 0 fully saturated rings. The van der Waals surface area contributed by atoms with Gasteiger partial charge in [-0.3, -0.25) is 4.58 Å². The molecule has 5 nitrogen and oxygen atoms in total. The molecule has 2 aromatic rings. The number of rotatable bonds is 5. The quantitative estimate of drug-likeness (QED) is 0.768. The van der Waals surface area contributed by atoms with Crippen molar-refractivity contribution in [2.24, 2.45) is 0 Å². The Balaban J connectivity index is 1.78. The highest BCUT2D eigenvalue weighted by molar-refractivity contribution is 5.98. The minimum atomic E-state index is -2.88. The van der Waals surface area contributed by atoms with Crippen LogP contribution in [0.15, 0.2) is 48.5 Å². The summed E-state index contributed by atoms with van der Waals surface area (Å²) in [6.07, 6.45) is 4.13. The van der Waals surface area contributed by atoms with Gasteiger partial charge in [0.1, 0.15) is 5.75 Å². The number of benzene rings is 2. The Morgan fingerprint density at radius 3 is 2.55 bits per heavy atom. The third-order valence-electron chi connectivity index (χ3n) is 5.60. The number of aliphatic hydroxyl groups is 1. The monoisotopic (exact) mass is 403 g/mol. The lowest BCUT2D eigenvalue weighted by molar-refractivity contribution is -0.534. The van der Waals surface area contributed by atoms with Crippen molar-refractivity contribution in [2.75, 3.05) is 25.1 Å². The normalized spacial score (nSPS) is 21.9. The Kier molecular flexibility index (Phi) is 5.41. The second-order valence-electron chi connectivity index (χ2n) is 7.38. The number of ether oxygens (including phenoxy) is 2. The Bertz CT molecular complexity index is 901. The zero-order valence-electron chi connectivity index (χ0n) is 16.4. The zero-order valence-corrected chi connectivity index (χ0v) is 16.4. The molecule has 0 saturated carbocycles. The fraction of sp³-hybridized carbons (Fsp3) is 0.409. The largest absolute Gasteiger partial charge is 0.492 e. The van der Waals surface area contributed by atoms with Crippen LogP contribution in [0.4, 0.5) is 14.5 Å². The minimum absolute atomic E-state index is 0.0661. The average Bonchev–Trinajstić information content (AvgIpc) is 2.84. The van der Waals surface area contributed by atoms with Crippen LogP contribution in [-0.2, 0) is 5.72 Å². The van der Waals surface area contributed by atoms with Crippen LogP contribution < -0.4 is 14.4 Å². The van der Waals surface area contributed by atoms with Crippen LogP contribution in [0, 0.1) is 0 Å². The number of methoxy groups -OCH3 is 1. The second-order valence-corrected chi connectivity index (χ2v) is 7.38. The van der Waals surface area contributed by atoms with Gasteiger partial charge >= 0.3 is 6.61 Å². The van der Waals surface area contributed by atoms with Gasteiger partial charge in [0, 0.05) is 12.0 Å². The summed E-state index contributed by atoms with van der Waals surface area (Å²) in [6.45, 7) is -1.61. The Labute approximate surface area is 168 Å². The van der Waals surface area contributed by atoms with E-state index in [4.69, 9.17) is 4.74 Å². The Morgan fingerprint density at radius 1 is 1.07 bits per heavy atom. The maximum Gasteiger partial charge on any atom is 0.387 e. The molecule has 1 N–H and O–H groups in total. The van der Waals surface area contributed by atoms with Gasteiger partial charge in [0.15, 0.2) is 18.0 Å². The molecule has 0 bridgehead atoms. The smallest absolute Gasteiger partial charge is 0.387 e. The first-order chi connectivity index (χ1) is 14.0. The van der Waals surface area contributed by atoms with E-state index >= 15 is 0 Å². The first kappa shape index (κ1) is 19.6. The maximum atomic E-state index is 12.5. The van der Waals surface area contributed by atoms with Crippen LogP contribution in [0.25, 0.3) is 0 Å². The van der Waals surface area contributed by atoms with E-state index in [1.165, 1.54) is 12.1 Å². The summed E-state index contributed by atoms with van der Waals surface area (Å²) in [4.78, 5) is 1.94. The molecule has 4 rings (SSSR count). The highest BCUT2D eigenvalue weighted by atomic mass is 19.3. The number of halogens is 2. The molecular formula is C22H25F2N2O3+. The predicted molar refractivity (Wildman–Crippen MR) is 106 cm³/mol. The van der Waals surface area contributed by atoms with Crippen molar-refractivity contribution in [1.82, 2.24) is 0 Å². The van der Waals surface area contributed by atoms with Gasteiger partial charge in [-0.15, -0.1) is 0 Å². The highest BCUT2D eigenvalue weighted by Crippen LogP contribution is 2.41. The van der Waals surface area contributed by atoms with E-state index in [2.05, 4.69) is 9.31 Å². The average molecular weight is 403 g/mol. The summed E-state index contributed by atoms with van der Waals surface area (Å²) in [5.41, 5.74) is 0.0559. The fourth-order valence-corrected chi connectivity index (χ4v) is 4.30. The topological polar surface area (TPSA) is 44.9 Å². The van der Waals surface area contributed by atoms with Gasteiger partial charge in [0.05, 0.1) is 13.7 Å². The van der Waals surface area contributed by atoms with E-state index in [0.29, 0.717) is 17.9 Å². The minimum Gasteiger partial charge on any atom is -0.492 e. The van der Waals surface area contributed by atoms with Crippen LogP contribution in [0.3, 0.4) is 0 Å². The summed E-state index contributed by atoms with van der Waals surface area (Å²) in [5.74, 6) is 1.79. The molecule has 7 heteroatoms. The molecule has 29 heavy (non-hydrogen) atoms. The molecule has 2 heterocycles. The summed E-state index contributed by atoms with van der Waals surface area (Å²) in [7, 11) is 1.61. The number of para-hydroxylation sites is 2. The zero-order chi connectivity index (χ0) is 20.4. The first-order valence-corrected chi connectivity index (χ1v) is 9.84. The lowest BCUT2D eigenvalue weighted by Crippen LogP contribution is -2.47. The molecule has 0 aromatic heterocycles.